The van der Waals surface area contributed by atoms with Crippen molar-refractivity contribution in [2.24, 2.45) is 11.3 Å². The number of aryl methyl sites for hydroxylation is 1. The molecule has 1 unspecified atom stereocenters. The maximum Gasteiger partial charge on any atom is 0.0798 e. The number of thiazole rings is 1. The second-order valence-electron chi connectivity index (χ2n) is 7.08. The van der Waals surface area contributed by atoms with E-state index in [0.29, 0.717) is 17.5 Å². The number of nitrogens with zero attached hydrogens (tertiary/aromatic N) is 1. The van der Waals surface area contributed by atoms with Gasteiger partial charge >= 0.3 is 0 Å². The molecule has 0 saturated heterocycles. The van der Waals surface area contributed by atoms with Crippen molar-refractivity contribution < 1.29 is 0 Å². The Morgan fingerprint density at radius 3 is 2.50 bits per heavy atom. The fraction of sp³-hybridized carbons (Fsp3) is 0.824. The van der Waals surface area contributed by atoms with E-state index in [2.05, 4.69) is 44.9 Å². The van der Waals surface area contributed by atoms with E-state index < -0.39 is 0 Å². The predicted molar refractivity (Wildman–Crippen MR) is 88.2 cm³/mol. The van der Waals surface area contributed by atoms with E-state index in [4.69, 9.17) is 0 Å². The molecule has 1 saturated carbocycles. The van der Waals surface area contributed by atoms with Gasteiger partial charge in [0.25, 0.3) is 0 Å². The Labute approximate surface area is 128 Å². The molecule has 1 fully saturated rings. The Balaban J connectivity index is 1.84. The predicted octanol–water partition coefficient (Wildman–Crippen LogP) is 5.10. The second-order valence-corrected chi connectivity index (χ2v) is 7.97. The molecule has 1 aliphatic carbocycles. The number of hydrogen-bond donors (Lipinski definition) is 1. The standard InChI is InChI=1S/C17H30N2S/c1-6-17(4,5)14-7-9-15(10-8-14)19-13(3)16-12(2)18-11-20-16/h11,13-15,19H,6-10H2,1-5H3. The van der Waals surface area contributed by atoms with E-state index in [-0.39, 0.29) is 0 Å². The van der Waals surface area contributed by atoms with Crippen LogP contribution in [0, 0.1) is 18.3 Å². The molecule has 1 atom stereocenters. The zero-order chi connectivity index (χ0) is 14.8. The summed E-state index contributed by atoms with van der Waals surface area (Å²) in [5.41, 5.74) is 3.67. The molecule has 1 aromatic rings. The molecule has 0 aromatic carbocycles. The summed E-state index contributed by atoms with van der Waals surface area (Å²) in [6.45, 7) is 11.6. The van der Waals surface area contributed by atoms with Gasteiger partial charge in [-0.05, 0) is 50.9 Å². The fourth-order valence-corrected chi connectivity index (χ4v) is 4.31. The number of nitrogens with one attached hydrogen (secondary N) is 1. The molecule has 0 spiro atoms. The summed E-state index contributed by atoms with van der Waals surface area (Å²) in [4.78, 5) is 5.77. The zero-order valence-electron chi connectivity index (χ0n) is 13.7. The first-order chi connectivity index (χ1) is 9.44. The molecule has 1 N–H and O–H groups in total. The molecule has 0 bridgehead atoms. The van der Waals surface area contributed by atoms with Crippen LogP contribution in [0.15, 0.2) is 5.51 Å². The van der Waals surface area contributed by atoms with Crippen molar-refractivity contribution in [3.05, 3.63) is 16.1 Å². The van der Waals surface area contributed by atoms with Crippen LogP contribution in [0.3, 0.4) is 0 Å². The van der Waals surface area contributed by atoms with Crippen LogP contribution in [0.25, 0.3) is 0 Å². The Morgan fingerprint density at radius 1 is 1.35 bits per heavy atom. The molecule has 2 nitrogen and oxygen atoms in total. The highest BCUT2D eigenvalue weighted by Crippen LogP contribution is 2.40. The third-order valence-electron chi connectivity index (χ3n) is 5.41. The summed E-state index contributed by atoms with van der Waals surface area (Å²) in [7, 11) is 0. The highest BCUT2D eigenvalue weighted by Gasteiger charge is 2.32. The van der Waals surface area contributed by atoms with Crippen LogP contribution in [-0.4, -0.2) is 11.0 Å². The highest BCUT2D eigenvalue weighted by molar-refractivity contribution is 7.09. The van der Waals surface area contributed by atoms with Gasteiger partial charge in [-0.3, -0.25) is 0 Å². The van der Waals surface area contributed by atoms with Crippen LogP contribution >= 0.6 is 11.3 Å². The van der Waals surface area contributed by atoms with E-state index in [0.717, 1.165) is 5.92 Å². The van der Waals surface area contributed by atoms with Crippen molar-refractivity contribution in [1.29, 1.82) is 0 Å². The van der Waals surface area contributed by atoms with E-state index >= 15 is 0 Å². The van der Waals surface area contributed by atoms with Crippen molar-refractivity contribution in [3.8, 4) is 0 Å². The number of rotatable bonds is 5. The summed E-state index contributed by atoms with van der Waals surface area (Å²) in [5.74, 6) is 0.908. The zero-order valence-corrected chi connectivity index (χ0v) is 14.5. The summed E-state index contributed by atoms with van der Waals surface area (Å²) >= 11 is 1.78. The smallest absolute Gasteiger partial charge is 0.0798 e. The molecule has 0 aliphatic heterocycles. The lowest BCUT2D eigenvalue weighted by Gasteiger charge is -2.39. The van der Waals surface area contributed by atoms with Gasteiger partial charge in [-0.15, -0.1) is 11.3 Å². The Bertz CT molecular complexity index is 416. The van der Waals surface area contributed by atoms with Gasteiger partial charge in [0, 0.05) is 17.0 Å². The maximum absolute atomic E-state index is 4.36. The van der Waals surface area contributed by atoms with Crippen molar-refractivity contribution in [2.75, 3.05) is 0 Å². The average Bonchev–Trinajstić information content (AvgIpc) is 2.85. The van der Waals surface area contributed by atoms with Crippen LogP contribution in [-0.2, 0) is 0 Å². The average molecular weight is 295 g/mol. The normalized spacial score (nSPS) is 25.6. The topological polar surface area (TPSA) is 24.9 Å². The molecule has 2 rings (SSSR count). The van der Waals surface area contributed by atoms with Crippen molar-refractivity contribution in [1.82, 2.24) is 10.3 Å². The van der Waals surface area contributed by atoms with E-state index in [1.807, 2.05) is 5.51 Å². The fourth-order valence-electron chi connectivity index (χ4n) is 3.49. The molecule has 1 aromatic heterocycles. The van der Waals surface area contributed by atoms with Crippen LogP contribution in [0.1, 0.15) is 76.4 Å². The van der Waals surface area contributed by atoms with Gasteiger partial charge in [-0.2, -0.15) is 0 Å². The summed E-state index contributed by atoms with van der Waals surface area (Å²) in [5, 5.41) is 3.82. The Morgan fingerprint density at radius 2 is 2.00 bits per heavy atom. The lowest BCUT2D eigenvalue weighted by Crippen LogP contribution is -2.37. The maximum atomic E-state index is 4.36. The van der Waals surface area contributed by atoms with Gasteiger partial charge < -0.3 is 5.32 Å². The molecule has 1 heterocycles. The minimum Gasteiger partial charge on any atom is -0.307 e. The molecule has 0 radical (unpaired) electrons. The monoisotopic (exact) mass is 294 g/mol. The van der Waals surface area contributed by atoms with Gasteiger partial charge in [-0.25, -0.2) is 4.98 Å². The third kappa shape index (κ3) is 3.62. The summed E-state index contributed by atoms with van der Waals surface area (Å²) in [6, 6.07) is 1.14. The molecular formula is C17H30N2S. The van der Waals surface area contributed by atoms with Gasteiger partial charge in [0.2, 0.25) is 0 Å². The number of aromatic nitrogens is 1. The molecule has 114 valence electrons. The van der Waals surface area contributed by atoms with E-state index in [9.17, 15) is 0 Å². The number of hydrogen-bond acceptors (Lipinski definition) is 3. The van der Waals surface area contributed by atoms with Gasteiger partial charge in [0.1, 0.15) is 0 Å². The van der Waals surface area contributed by atoms with Crippen LogP contribution in [0.4, 0.5) is 0 Å². The quantitative estimate of drug-likeness (QED) is 0.817. The highest BCUT2D eigenvalue weighted by atomic mass is 32.1. The molecular weight excluding hydrogens is 264 g/mol. The largest absolute Gasteiger partial charge is 0.307 e. The van der Waals surface area contributed by atoms with Crippen molar-refractivity contribution in [3.63, 3.8) is 0 Å². The van der Waals surface area contributed by atoms with Crippen LogP contribution < -0.4 is 5.32 Å². The third-order valence-corrected chi connectivity index (χ3v) is 6.52. The lowest BCUT2D eigenvalue weighted by atomic mass is 9.69. The molecule has 3 heteroatoms. The van der Waals surface area contributed by atoms with Crippen molar-refractivity contribution >= 4 is 11.3 Å². The molecule has 20 heavy (non-hydrogen) atoms. The summed E-state index contributed by atoms with van der Waals surface area (Å²) in [6.07, 6.45) is 6.72. The van der Waals surface area contributed by atoms with E-state index in [1.165, 1.54) is 42.7 Å². The molecule has 1 aliphatic rings. The minimum atomic E-state index is 0.447. The van der Waals surface area contributed by atoms with Gasteiger partial charge in [-0.1, -0.05) is 27.2 Å². The van der Waals surface area contributed by atoms with Gasteiger partial charge in [0.15, 0.2) is 0 Å². The first-order valence-electron chi connectivity index (χ1n) is 8.10. The lowest BCUT2D eigenvalue weighted by molar-refractivity contribution is 0.134. The van der Waals surface area contributed by atoms with Crippen molar-refractivity contribution in [2.45, 2.75) is 78.8 Å². The Hall–Kier alpha value is -0.410. The van der Waals surface area contributed by atoms with Crippen LogP contribution in [0.5, 0.6) is 0 Å². The first-order valence-corrected chi connectivity index (χ1v) is 8.98. The van der Waals surface area contributed by atoms with Gasteiger partial charge in [0.05, 0.1) is 11.2 Å². The second kappa shape index (κ2) is 6.57. The Kier molecular flexibility index (Phi) is 5.25. The summed E-state index contributed by atoms with van der Waals surface area (Å²) < 4.78 is 0. The van der Waals surface area contributed by atoms with E-state index in [1.54, 1.807) is 11.3 Å². The molecule has 0 amide bonds. The first kappa shape index (κ1) is 16.0. The van der Waals surface area contributed by atoms with Crippen LogP contribution in [0.2, 0.25) is 0 Å². The SMILES string of the molecule is CCC(C)(C)C1CCC(NC(C)c2scnc2C)CC1. The minimum absolute atomic E-state index is 0.447.